The Morgan fingerprint density at radius 1 is 1.35 bits per heavy atom. The second kappa shape index (κ2) is 5.98. The number of esters is 3. The van der Waals surface area contributed by atoms with Crippen LogP contribution in [0.25, 0.3) is 0 Å². The minimum Gasteiger partial charge on any atom is -0.458 e. The van der Waals surface area contributed by atoms with E-state index in [-0.39, 0.29) is 23.7 Å². The Hall–Kier alpha value is -2.08. The third-order valence-corrected chi connectivity index (χ3v) is 5.70. The predicted molar refractivity (Wildman–Crippen MR) is 76.1 cm³/mol. The number of hydrogen-bond acceptors (Lipinski definition) is 8. The normalized spacial score (nSPS) is 32.3. The van der Waals surface area contributed by atoms with Crippen LogP contribution in [0.15, 0.2) is 12.2 Å². The van der Waals surface area contributed by atoms with Crippen molar-refractivity contribution >= 4 is 28.0 Å². The molecule has 12 heteroatoms. The lowest BCUT2D eigenvalue weighted by Crippen LogP contribution is -2.40. The van der Waals surface area contributed by atoms with Gasteiger partial charge in [0.25, 0.3) is 0 Å². The summed E-state index contributed by atoms with van der Waals surface area (Å²) in [5, 5.41) is -5.17. The van der Waals surface area contributed by atoms with Crippen molar-refractivity contribution < 1.29 is 50.3 Å². The van der Waals surface area contributed by atoms with Crippen LogP contribution in [0.3, 0.4) is 0 Å². The molecule has 1 aliphatic heterocycles. The molecule has 0 aromatic rings. The summed E-state index contributed by atoms with van der Waals surface area (Å²) in [5.74, 6) is -4.21. The van der Waals surface area contributed by atoms with Gasteiger partial charge < -0.3 is 14.2 Å². The number of halogens is 2. The van der Waals surface area contributed by atoms with Gasteiger partial charge >= 0.3 is 33.3 Å². The molecule has 5 atom stereocenters. The molecule has 0 amide bonds. The fourth-order valence-electron chi connectivity index (χ4n) is 3.67. The van der Waals surface area contributed by atoms with E-state index in [4.69, 9.17) is 14.0 Å². The highest BCUT2D eigenvalue weighted by Crippen LogP contribution is 2.55. The summed E-state index contributed by atoms with van der Waals surface area (Å²) in [4.78, 5) is 34.7. The Balaban J connectivity index is 1.54. The Bertz CT molecular complexity index is 790. The van der Waals surface area contributed by atoms with Crippen molar-refractivity contribution in [1.82, 2.24) is 0 Å². The molecule has 3 fully saturated rings. The van der Waals surface area contributed by atoms with E-state index in [0.717, 1.165) is 0 Å². The predicted octanol–water partition coefficient (Wildman–Crippen LogP) is 0.0596. The molecule has 0 aromatic heterocycles. The van der Waals surface area contributed by atoms with Crippen LogP contribution in [0.5, 0.6) is 0 Å². The van der Waals surface area contributed by atoms with Crippen molar-refractivity contribution in [2.24, 2.45) is 17.8 Å². The Kier molecular flexibility index (Phi) is 4.30. The molecule has 26 heavy (non-hydrogen) atoms. The lowest BCUT2D eigenvalue weighted by molar-refractivity contribution is -0.163. The first-order valence-corrected chi connectivity index (χ1v) is 8.98. The number of hydrogen-bond donors (Lipinski definition) is 1. The van der Waals surface area contributed by atoms with Crippen molar-refractivity contribution in [3.63, 3.8) is 0 Å². The van der Waals surface area contributed by atoms with E-state index in [1.54, 1.807) is 0 Å². The molecule has 1 N–H and O–H groups in total. The fourth-order valence-corrected chi connectivity index (χ4v) is 3.94. The lowest BCUT2D eigenvalue weighted by atomic mass is 9.88. The van der Waals surface area contributed by atoms with Crippen molar-refractivity contribution in [3.8, 4) is 0 Å². The van der Waals surface area contributed by atoms with Crippen LogP contribution in [0, 0.1) is 17.8 Å². The van der Waals surface area contributed by atoms with Gasteiger partial charge in [0.15, 0.2) is 0 Å². The van der Waals surface area contributed by atoms with Crippen molar-refractivity contribution in [2.45, 2.75) is 30.3 Å². The average Bonchev–Trinajstić information content (AvgIpc) is 3.15. The Morgan fingerprint density at radius 3 is 2.62 bits per heavy atom. The minimum absolute atomic E-state index is 0.0233. The number of carbonyl (C=O) groups is 3. The highest BCUT2D eigenvalue weighted by atomic mass is 32.2. The first-order valence-electron chi connectivity index (χ1n) is 7.54. The number of alkyl halides is 2. The molecule has 1 heterocycles. The highest BCUT2D eigenvalue weighted by Gasteiger charge is 2.63. The first kappa shape index (κ1) is 18.7. The third-order valence-electron chi connectivity index (χ3n) is 4.88. The Morgan fingerprint density at radius 2 is 2.00 bits per heavy atom. The van der Waals surface area contributed by atoms with Gasteiger partial charge in [0.2, 0.25) is 0 Å². The zero-order chi connectivity index (χ0) is 19.4. The molecule has 5 unspecified atom stereocenters. The van der Waals surface area contributed by atoms with Crippen LogP contribution >= 0.6 is 0 Å². The summed E-state index contributed by atoms with van der Waals surface area (Å²) in [6.45, 7) is 2.18. The van der Waals surface area contributed by atoms with E-state index in [2.05, 4.69) is 11.3 Å². The molecule has 2 saturated carbocycles. The summed E-state index contributed by atoms with van der Waals surface area (Å²) in [6.07, 6.45) is -0.0579. The fraction of sp³-hybridized carbons (Fsp3) is 0.643. The molecule has 3 rings (SSSR count). The van der Waals surface area contributed by atoms with Gasteiger partial charge in [-0.2, -0.15) is 17.2 Å². The van der Waals surface area contributed by atoms with Gasteiger partial charge in [-0.1, -0.05) is 6.58 Å². The zero-order valence-corrected chi connectivity index (χ0v) is 13.9. The molecule has 3 aliphatic rings. The van der Waals surface area contributed by atoms with Crippen LogP contribution in [-0.4, -0.2) is 54.9 Å². The van der Waals surface area contributed by atoms with Crippen molar-refractivity contribution in [3.05, 3.63) is 12.2 Å². The molecule has 2 aliphatic carbocycles. The maximum Gasteiger partial charge on any atom is 0.465 e. The van der Waals surface area contributed by atoms with E-state index in [1.165, 1.54) is 0 Å². The maximum atomic E-state index is 13.0. The van der Waals surface area contributed by atoms with E-state index >= 15 is 0 Å². The summed E-state index contributed by atoms with van der Waals surface area (Å²) < 4.78 is 69.6. The Labute approximate surface area is 146 Å². The maximum absolute atomic E-state index is 13.0. The summed E-state index contributed by atoms with van der Waals surface area (Å²) in [5.41, 5.74) is -0.520. The SMILES string of the molecule is C=C(COC(=O)C(F)(F)S(=O)(=O)O)C(=O)OC1C2CC3C(=O)OC1C3C2. The number of ether oxygens (including phenoxy) is 3. The molecule has 9 nitrogen and oxygen atoms in total. The smallest absolute Gasteiger partial charge is 0.458 e. The van der Waals surface area contributed by atoms with E-state index in [0.29, 0.717) is 12.8 Å². The number of fused-ring (bicyclic) bond motifs is 1. The molecule has 0 spiro atoms. The van der Waals surface area contributed by atoms with Gasteiger partial charge in [0.1, 0.15) is 18.8 Å². The van der Waals surface area contributed by atoms with Crippen LogP contribution in [0.2, 0.25) is 0 Å². The van der Waals surface area contributed by atoms with Gasteiger partial charge in [-0.05, 0) is 12.8 Å². The van der Waals surface area contributed by atoms with Crippen molar-refractivity contribution in [2.75, 3.05) is 6.61 Å². The summed E-state index contributed by atoms with van der Waals surface area (Å²) in [6, 6.07) is 0. The molecular weight excluding hydrogens is 382 g/mol. The lowest BCUT2D eigenvalue weighted by Gasteiger charge is -2.25. The number of rotatable bonds is 6. The summed E-state index contributed by atoms with van der Waals surface area (Å²) in [7, 11) is -6.01. The van der Waals surface area contributed by atoms with E-state index in [1.807, 2.05) is 0 Å². The van der Waals surface area contributed by atoms with Gasteiger partial charge in [0, 0.05) is 11.8 Å². The largest absolute Gasteiger partial charge is 0.465 e. The third kappa shape index (κ3) is 2.86. The number of carbonyl (C=O) groups excluding carboxylic acids is 3. The van der Waals surface area contributed by atoms with Crippen LogP contribution in [0.1, 0.15) is 12.8 Å². The van der Waals surface area contributed by atoms with Gasteiger partial charge in [-0.15, -0.1) is 0 Å². The van der Waals surface area contributed by atoms with Gasteiger partial charge in [-0.25, -0.2) is 9.59 Å². The molecule has 144 valence electrons. The standard InChI is InChI=1S/C14H14F2O9S/c1-5(4-23-13(19)14(15,16)26(20,21)22)11(17)24-9-6-2-7-8(3-6)12(18)25-10(7)9/h6-10H,1-4H2,(H,20,21,22). The summed E-state index contributed by atoms with van der Waals surface area (Å²) >= 11 is 0. The monoisotopic (exact) mass is 396 g/mol. The average molecular weight is 396 g/mol. The molecule has 2 bridgehead atoms. The molecule has 0 radical (unpaired) electrons. The van der Waals surface area contributed by atoms with Crippen LogP contribution in [-0.2, 0) is 38.7 Å². The zero-order valence-electron chi connectivity index (χ0n) is 13.1. The molecular formula is C14H14F2O9S. The van der Waals surface area contributed by atoms with Crippen molar-refractivity contribution in [1.29, 1.82) is 0 Å². The first-order chi connectivity index (χ1) is 11.9. The second-order valence-corrected chi connectivity index (χ2v) is 7.91. The minimum atomic E-state index is -6.01. The van der Waals surface area contributed by atoms with E-state index < -0.39 is 51.7 Å². The van der Waals surface area contributed by atoms with Crippen LogP contribution < -0.4 is 0 Å². The van der Waals surface area contributed by atoms with Crippen LogP contribution in [0.4, 0.5) is 8.78 Å². The van der Waals surface area contributed by atoms with Gasteiger partial charge in [-0.3, -0.25) is 9.35 Å². The van der Waals surface area contributed by atoms with E-state index in [9.17, 15) is 31.6 Å². The molecule has 0 aromatic carbocycles. The topological polar surface area (TPSA) is 133 Å². The molecule has 1 saturated heterocycles. The van der Waals surface area contributed by atoms with Gasteiger partial charge in [0.05, 0.1) is 11.5 Å². The quantitative estimate of drug-likeness (QED) is 0.286. The highest BCUT2D eigenvalue weighted by molar-refractivity contribution is 7.87. The second-order valence-electron chi connectivity index (χ2n) is 6.44.